The molecular weight excluding hydrogens is 287 g/mol. The van der Waals surface area contributed by atoms with E-state index in [-0.39, 0.29) is 13.2 Å². The average molecular weight is 307 g/mol. The molecule has 0 aromatic heterocycles. The second kappa shape index (κ2) is 8.74. The van der Waals surface area contributed by atoms with Gasteiger partial charge in [-0.3, -0.25) is 0 Å². The van der Waals surface area contributed by atoms with E-state index in [1.54, 1.807) is 13.2 Å². The van der Waals surface area contributed by atoms with Gasteiger partial charge in [-0.1, -0.05) is 6.07 Å². The Morgan fingerprint density at radius 3 is 2.57 bits per heavy atom. The lowest BCUT2D eigenvalue weighted by atomic mass is 10.1. The normalized spacial score (nSPS) is 11.5. The zero-order chi connectivity index (χ0) is 15.7. The second-order valence-electron chi connectivity index (χ2n) is 4.38. The molecule has 0 bridgehead atoms. The summed E-state index contributed by atoms with van der Waals surface area (Å²) in [6.07, 6.45) is -3.26. The van der Waals surface area contributed by atoms with Crippen LogP contribution in [0.1, 0.15) is 12.0 Å². The summed E-state index contributed by atoms with van der Waals surface area (Å²) in [5.74, 6) is 1.29. The summed E-state index contributed by atoms with van der Waals surface area (Å²) in [6.45, 7) is -0.486. The molecule has 0 aliphatic rings. The van der Waals surface area contributed by atoms with Crippen LogP contribution in [-0.4, -0.2) is 39.7 Å². The van der Waals surface area contributed by atoms with E-state index in [2.05, 4.69) is 4.74 Å². The second-order valence-corrected chi connectivity index (χ2v) is 4.38. The van der Waals surface area contributed by atoms with E-state index in [1.165, 1.54) is 0 Å². The van der Waals surface area contributed by atoms with Crippen LogP contribution in [0.15, 0.2) is 18.2 Å². The van der Waals surface area contributed by atoms with Gasteiger partial charge in [-0.15, -0.1) is 0 Å². The zero-order valence-corrected chi connectivity index (χ0v) is 11.9. The maximum Gasteiger partial charge on any atom is 0.411 e. The Bertz CT molecular complexity index is 424. The molecule has 1 aromatic carbocycles. The van der Waals surface area contributed by atoms with Gasteiger partial charge in [-0.25, -0.2) is 0 Å². The Morgan fingerprint density at radius 2 is 1.95 bits per heavy atom. The van der Waals surface area contributed by atoms with Crippen molar-refractivity contribution in [1.29, 1.82) is 0 Å². The third-order valence-corrected chi connectivity index (χ3v) is 2.64. The lowest BCUT2D eigenvalue weighted by Crippen LogP contribution is -2.18. The number of ether oxygens (including phenoxy) is 3. The third kappa shape index (κ3) is 7.19. The van der Waals surface area contributed by atoms with Crippen LogP contribution in [0.3, 0.4) is 0 Å². The monoisotopic (exact) mass is 307 g/mol. The van der Waals surface area contributed by atoms with Crippen molar-refractivity contribution in [2.45, 2.75) is 19.0 Å². The summed E-state index contributed by atoms with van der Waals surface area (Å²) >= 11 is 0. The molecule has 0 heterocycles. The first-order chi connectivity index (χ1) is 9.96. The first-order valence-corrected chi connectivity index (χ1v) is 6.60. The molecule has 1 aromatic rings. The van der Waals surface area contributed by atoms with Crippen molar-refractivity contribution in [3.05, 3.63) is 23.8 Å². The number of hydrogen-bond acceptors (Lipinski definition) is 4. The number of hydrogen-bond donors (Lipinski definition) is 1. The van der Waals surface area contributed by atoms with Crippen LogP contribution in [-0.2, 0) is 11.2 Å². The standard InChI is InChI=1S/C14H20F3NO3/c1-19-12-4-3-11(5-6-18)13(9-12)21-8-2-7-20-10-14(15,16)17/h3-4,9H,2,5-8,10,18H2,1H3. The Hall–Kier alpha value is -1.47. The van der Waals surface area contributed by atoms with Crippen molar-refractivity contribution in [1.82, 2.24) is 0 Å². The van der Waals surface area contributed by atoms with Gasteiger partial charge in [0.2, 0.25) is 0 Å². The van der Waals surface area contributed by atoms with Gasteiger partial charge < -0.3 is 19.9 Å². The number of nitrogens with two attached hydrogens (primary N) is 1. The quantitative estimate of drug-likeness (QED) is 0.712. The summed E-state index contributed by atoms with van der Waals surface area (Å²) in [6, 6.07) is 5.41. The highest BCUT2D eigenvalue weighted by Gasteiger charge is 2.27. The Labute approximate surface area is 122 Å². The van der Waals surface area contributed by atoms with Gasteiger partial charge in [0.25, 0.3) is 0 Å². The van der Waals surface area contributed by atoms with Crippen LogP contribution in [0, 0.1) is 0 Å². The molecule has 120 valence electrons. The van der Waals surface area contributed by atoms with Crippen molar-refractivity contribution in [2.24, 2.45) is 5.73 Å². The molecule has 21 heavy (non-hydrogen) atoms. The van der Waals surface area contributed by atoms with Gasteiger partial charge in [0.05, 0.1) is 20.3 Å². The third-order valence-electron chi connectivity index (χ3n) is 2.64. The van der Waals surface area contributed by atoms with E-state index in [1.807, 2.05) is 12.1 Å². The lowest BCUT2D eigenvalue weighted by Gasteiger charge is -2.13. The van der Waals surface area contributed by atoms with Crippen molar-refractivity contribution in [3.63, 3.8) is 0 Å². The van der Waals surface area contributed by atoms with Crippen molar-refractivity contribution >= 4 is 0 Å². The minimum absolute atomic E-state index is 0.00427. The van der Waals surface area contributed by atoms with Crippen LogP contribution in [0.4, 0.5) is 13.2 Å². The van der Waals surface area contributed by atoms with E-state index in [0.717, 1.165) is 5.56 Å². The van der Waals surface area contributed by atoms with Gasteiger partial charge in [0.15, 0.2) is 0 Å². The van der Waals surface area contributed by atoms with Crippen LogP contribution >= 0.6 is 0 Å². The lowest BCUT2D eigenvalue weighted by molar-refractivity contribution is -0.174. The zero-order valence-electron chi connectivity index (χ0n) is 11.9. The fraction of sp³-hybridized carbons (Fsp3) is 0.571. The molecule has 0 spiro atoms. The van der Waals surface area contributed by atoms with Gasteiger partial charge >= 0.3 is 6.18 Å². The number of rotatable bonds is 9. The molecule has 0 fully saturated rings. The van der Waals surface area contributed by atoms with E-state index >= 15 is 0 Å². The molecule has 0 saturated heterocycles. The molecule has 0 atom stereocenters. The fourth-order valence-corrected chi connectivity index (χ4v) is 1.69. The maximum absolute atomic E-state index is 11.9. The maximum atomic E-state index is 11.9. The smallest absolute Gasteiger partial charge is 0.411 e. The topological polar surface area (TPSA) is 53.7 Å². The molecule has 0 amide bonds. The first kappa shape index (κ1) is 17.6. The highest BCUT2D eigenvalue weighted by Crippen LogP contribution is 2.25. The predicted molar refractivity (Wildman–Crippen MR) is 72.7 cm³/mol. The minimum atomic E-state index is -4.29. The largest absolute Gasteiger partial charge is 0.497 e. The summed E-state index contributed by atoms with van der Waals surface area (Å²) in [7, 11) is 1.55. The van der Waals surface area contributed by atoms with Crippen LogP contribution in [0.5, 0.6) is 11.5 Å². The summed E-state index contributed by atoms with van der Waals surface area (Å²) in [4.78, 5) is 0. The molecule has 0 unspecified atom stereocenters. The molecule has 4 nitrogen and oxygen atoms in total. The Balaban J connectivity index is 2.39. The van der Waals surface area contributed by atoms with E-state index < -0.39 is 12.8 Å². The van der Waals surface area contributed by atoms with Gasteiger partial charge in [0.1, 0.15) is 18.1 Å². The summed E-state index contributed by atoms with van der Waals surface area (Å²) in [5, 5.41) is 0. The summed E-state index contributed by atoms with van der Waals surface area (Å²) in [5.41, 5.74) is 6.46. The molecule has 2 N–H and O–H groups in total. The highest BCUT2D eigenvalue weighted by atomic mass is 19.4. The van der Waals surface area contributed by atoms with Crippen LogP contribution in [0.25, 0.3) is 0 Å². The van der Waals surface area contributed by atoms with Gasteiger partial charge in [-0.2, -0.15) is 13.2 Å². The molecule has 0 saturated carbocycles. The minimum Gasteiger partial charge on any atom is -0.497 e. The molecular formula is C14H20F3NO3. The average Bonchev–Trinajstić information content (AvgIpc) is 2.43. The number of alkyl halides is 3. The molecule has 7 heteroatoms. The Morgan fingerprint density at radius 1 is 1.19 bits per heavy atom. The highest BCUT2D eigenvalue weighted by molar-refractivity contribution is 5.40. The van der Waals surface area contributed by atoms with E-state index in [9.17, 15) is 13.2 Å². The van der Waals surface area contributed by atoms with Crippen molar-refractivity contribution in [2.75, 3.05) is 33.5 Å². The molecule has 1 rings (SSSR count). The number of benzene rings is 1. The molecule has 0 aliphatic carbocycles. The molecule has 0 radical (unpaired) electrons. The van der Waals surface area contributed by atoms with E-state index in [0.29, 0.717) is 30.9 Å². The molecule has 0 aliphatic heterocycles. The first-order valence-electron chi connectivity index (χ1n) is 6.60. The van der Waals surface area contributed by atoms with Gasteiger partial charge in [0, 0.05) is 12.5 Å². The number of methoxy groups -OCH3 is 1. The fourth-order valence-electron chi connectivity index (χ4n) is 1.69. The van der Waals surface area contributed by atoms with Crippen molar-refractivity contribution in [3.8, 4) is 11.5 Å². The SMILES string of the molecule is COc1ccc(CCN)c(OCCCOCC(F)(F)F)c1. The van der Waals surface area contributed by atoms with Gasteiger partial charge in [-0.05, 0) is 24.6 Å². The predicted octanol–water partition coefficient (Wildman–Crippen LogP) is 2.54. The Kier molecular flexibility index (Phi) is 7.31. The van der Waals surface area contributed by atoms with E-state index in [4.69, 9.17) is 15.2 Å². The number of halogens is 3. The summed E-state index contributed by atoms with van der Waals surface area (Å²) < 4.78 is 50.8. The van der Waals surface area contributed by atoms with Crippen LogP contribution in [0.2, 0.25) is 0 Å². The van der Waals surface area contributed by atoms with Crippen LogP contribution < -0.4 is 15.2 Å². The van der Waals surface area contributed by atoms with Crippen molar-refractivity contribution < 1.29 is 27.4 Å².